The summed E-state index contributed by atoms with van der Waals surface area (Å²) in [7, 11) is 1.55. The molecule has 1 aliphatic carbocycles. The molecule has 2 aromatic rings. The third-order valence-corrected chi connectivity index (χ3v) is 6.26. The Morgan fingerprint density at radius 3 is 2.96 bits per heavy atom. The molecule has 1 amide bonds. The van der Waals surface area contributed by atoms with Crippen LogP contribution in [0.5, 0.6) is 10.9 Å². The fraction of sp³-hybridized carbons (Fsp3) is 0.474. The van der Waals surface area contributed by atoms with E-state index in [1.807, 2.05) is 19.1 Å². The number of thiazole rings is 1. The minimum atomic E-state index is -0.276. The van der Waals surface area contributed by atoms with Crippen molar-refractivity contribution in [3.63, 3.8) is 0 Å². The van der Waals surface area contributed by atoms with Crippen molar-refractivity contribution in [2.75, 3.05) is 13.7 Å². The van der Waals surface area contributed by atoms with Crippen molar-refractivity contribution in [2.24, 2.45) is 5.92 Å². The number of aliphatic hydroxyl groups is 1. The van der Waals surface area contributed by atoms with Crippen molar-refractivity contribution in [2.45, 2.75) is 38.3 Å². The summed E-state index contributed by atoms with van der Waals surface area (Å²) in [5.41, 5.74) is 2.91. The SMILES string of the molecule is COc1nc(C)c(C(=O)NC(c2ccc3c(c2)CCO3)C2CC(O)C2)s1. The zero-order valence-corrected chi connectivity index (χ0v) is 15.6. The topological polar surface area (TPSA) is 80.7 Å². The quantitative estimate of drug-likeness (QED) is 0.841. The van der Waals surface area contributed by atoms with Gasteiger partial charge < -0.3 is 19.9 Å². The van der Waals surface area contributed by atoms with E-state index in [4.69, 9.17) is 9.47 Å². The molecular weight excluding hydrogens is 352 g/mol. The number of nitrogens with one attached hydrogen (secondary N) is 1. The standard InChI is InChI=1S/C19H22N2O4S/c1-10-17(26-19(20-10)24-2)18(23)21-16(13-8-14(22)9-13)12-3-4-15-11(7-12)5-6-25-15/h3-4,7,13-14,16,22H,5-6,8-9H2,1-2H3,(H,21,23). The van der Waals surface area contributed by atoms with E-state index in [0.29, 0.717) is 35.2 Å². The summed E-state index contributed by atoms with van der Waals surface area (Å²) in [6.07, 6.45) is 2.01. The second-order valence-corrected chi connectivity index (χ2v) is 7.86. The van der Waals surface area contributed by atoms with Crippen LogP contribution in [0.25, 0.3) is 0 Å². The maximum absolute atomic E-state index is 12.9. The van der Waals surface area contributed by atoms with Crippen LogP contribution in [0.2, 0.25) is 0 Å². The van der Waals surface area contributed by atoms with Gasteiger partial charge in [-0.3, -0.25) is 4.79 Å². The number of ether oxygens (including phenoxy) is 2. The van der Waals surface area contributed by atoms with Gasteiger partial charge in [0.15, 0.2) is 0 Å². The molecule has 1 saturated carbocycles. The van der Waals surface area contributed by atoms with Gasteiger partial charge in [0, 0.05) is 6.42 Å². The van der Waals surface area contributed by atoms with Crippen LogP contribution in [0.1, 0.15) is 45.4 Å². The molecule has 1 atom stereocenters. The highest BCUT2D eigenvalue weighted by atomic mass is 32.1. The van der Waals surface area contributed by atoms with Gasteiger partial charge in [0.2, 0.25) is 0 Å². The second-order valence-electron chi connectivity index (χ2n) is 6.90. The van der Waals surface area contributed by atoms with Crippen molar-refractivity contribution >= 4 is 17.2 Å². The summed E-state index contributed by atoms with van der Waals surface area (Å²) >= 11 is 1.25. The summed E-state index contributed by atoms with van der Waals surface area (Å²) in [6, 6.07) is 5.98. The highest BCUT2D eigenvalue weighted by Crippen LogP contribution is 2.40. The number of amides is 1. The lowest BCUT2D eigenvalue weighted by Crippen LogP contribution is -2.41. The molecule has 138 valence electrons. The molecular formula is C19H22N2O4S. The molecule has 1 aliphatic heterocycles. The smallest absolute Gasteiger partial charge is 0.273 e. The number of aromatic nitrogens is 1. The average molecular weight is 374 g/mol. The van der Waals surface area contributed by atoms with Crippen molar-refractivity contribution in [3.05, 3.63) is 39.9 Å². The first-order valence-corrected chi connectivity index (χ1v) is 9.62. The van der Waals surface area contributed by atoms with Gasteiger partial charge in [0.25, 0.3) is 11.1 Å². The minimum absolute atomic E-state index is 0.135. The monoisotopic (exact) mass is 374 g/mol. The Morgan fingerprint density at radius 2 is 2.27 bits per heavy atom. The largest absolute Gasteiger partial charge is 0.493 e. The number of nitrogens with zero attached hydrogens (tertiary/aromatic N) is 1. The fourth-order valence-electron chi connectivity index (χ4n) is 3.65. The number of methoxy groups -OCH3 is 1. The van der Waals surface area contributed by atoms with E-state index in [2.05, 4.69) is 16.4 Å². The lowest BCUT2D eigenvalue weighted by molar-refractivity contribution is 0.0235. The lowest BCUT2D eigenvalue weighted by Gasteiger charge is -2.38. The zero-order chi connectivity index (χ0) is 18.3. The third-order valence-electron chi connectivity index (χ3n) is 5.14. The summed E-state index contributed by atoms with van der Waals surface area (Å²) < 4.78 is 10.7. The number of hydrogen-bond acceptors (Lipinski definition) is 6. The van der Waals surface area contributed by atoms with E-state index in [1.165, 1.54) is 16.9 Å². The lowest BCUT2D eigenvalue weighted by atomic mass is 9.75. The van der Waals surface area contributed by atoms with Gasteiger partial charge in [0.05, 0.1) is 31.6 Å². The van der Waals surface area contributed by atoms with Crippen LogP contribution < -0.4 is 14.8 Å². The Kier molecular flexibility index (Phi) is 4.58. The molecule has 2 heterocycles. The molecule has 0 radical (unpaired) electrons. The predicted molar refractivity (Wildman–Crippen MR) is 98.0 cm³/mol. The molecule has 1 unspecified atom stereocenters. The number of carbonyl (C=O) groups is 1. The van der Waals surface area contributed by atoms with Gasteiger partial charge in [0.1, 0.15) is 10.6 Å². The number of aliphatic hydroxyl groups excluding tert-OH is 1. The van der Waals surface area contributed by atoms with Crippen LogP contribution in [-0.4, -0.2) is 35.8 Å². The molecule has 4 rings (SSSR count). The number of benzene rings is 1. The molecule has 1 fully saturated rings. The van der Waals surface area contributed by atoms with Crippen LogP contribution in [0.4, 0.5) is 0 Å². The average Bonchev–Trinajstić information content (AvgIpc) is 3.22. The van der Waals surface area contributed by atoms with E-state index in [1.54, 1.807) is 7.11 Å². The summed E-state index contributed by atoms with van der Waals surface area (Å²) in [5.74, 6) is 1.01. The van der Waals surface area contributed by atoms with Gasteiger partial charge >= 0.3 is 0 Å². The third kappa shape index (κ3) is 3.17. The Bertz CT molecular complexity index is 829. The fourth-order valence-corrected chi connectivity index (χ4v) is 4.44. The van der Waals surface area contributed by atoms with E-state index in [9.17, 15) is 9.90 Å². The predicted octanol–water partition coefficient (Wildman–Crippen LogP) is 2.64. The summed E-state index contributed by atoms with van der Waals surface area (Å²) in [6.45, 7) is 2.51. The number of rotatable bonds is 5. The normalized spacial score (nSPS) is 22.1. The van der Waals surface area contributed by atoms with Crippen LogP contribution in [0, 0.1) is 12.8 Å². The van der Waals surface area contributed by atoms with Gasteiger partial charge in [-0.2, -0.15) is 0 Å². The Balaban J connectivity index is 1.59. The number of fused-ring (bicyclic) bond motifs is 1. The van der Waals surface area contributed by atoms with E-state index in [-0.39, 0.29) is 24.0 Å². The van der Waals surface area contributed by atoms with Gasteiger partial charge in [-0.25, -0.2) is 4.98 Å². The maximum Gasteiger partial charge on any atom is 0.273 e. The highest BCUT2D eigenvalue weighted by molar-refractivity contribution is 7.15. The number of hydrogen-bond donors (Lipinski definition) is 2. The van der Waals surface area contributed by atoms with Crippen LogP contribution in [-0.2, 0) is 6.42 Å². The first kappa shape index (κ1) is 17.3. The zero-order valence-electron chi connectivity index (χ0n) is 14.8. The van der Waals surface area contributed by atoms with Crippen molar-refractivity contribution in [3.8, 4) is 10.9 Å². The Labute approximate surface area is 156 Å². The molecule has 2 aliphatic rings. The first-order chi connectivity index (χ1) is 12.5. The molecule has 26 heavy (non-hydrogen) atoms. The van der Waals surface area contributed by atoms with Crippen LogP contribution in [0.3, 0.4) is 0 Å². The van der Waals surface area contributed by atoms with Gasteiger partial charge in [-0.15, -0.1) is 0 Å². The number of aryl methyl sites for hydroxylation is 1. The van der Waals surface area contributed by atoms with Crippen molar-refractivity contribution < 1.29 is 19.4 Å². The van der Waals surface area contributed by atoms with Crippen LogP contribution in [0.15, 0.2) is 18.2 Å². The van der Waals surface area contributed by atoms with E-state index < -0.39 is 0 Å². The van der Waals surface area contributed by atoms with Crippen molar-refractivity contribution in [1.29, 1.82) is 0 Å². The molecule has 0 saturated heterocycles. The molecule has 6 nitrogen and oxygen atoms in total. The van der Waals surface area contributed by atoms with Crippen molar-refractivity contribution in [1.82, 2.24) is 10.3 Å². The molecule has 7 heteroatoms. The number of carbonyl (C=O) groups excluding carboxylic acids is 1. The molecule has 1 aromatic carbocycles. The molecule has 0 bridgehead atoms. The maximum atomic E-state index is 12.9. The summed E-state index contributed by atoms with van der Waals surface area (Å²) in [4.78, 5) is 17.7. The summed E-state index contributed by atoms with van der Waals surface area (Å²) in [5, 5.41) is 13.4. The highest BCUT2D eigenvalue weighted by Gasteiger charge is 2.36. The first-order valence-electron chi connectivity index (χ1n) is 8.81. The molecule has 1 aromatic heterocycles. The van der Waals surface area contributed by atoms with Gasteiger partial charge in [-0.05, 0) is 48.9 Å². The van der Waals surface area contributed by atoms with E-state index in [0.717, 1.165) is 17.7 Å². The van der Waals surface area contributed by atoms with E-state index >= 15 is 0 Å². The van der Waals surface area contributed by atoms with Crippen LogP contribution >= 0.6 is 11.3 Å². The van der Waals surface area contributed by atoms with Gasteiger partial charge in [-0.1, -0.05) is 17.4 Å². The Morgan fingerprint density at radius 1 is 1.46 bits per heavy atom. The second kappa shape index (κ2) is 6.89. The minimum Gasteiger partial charge on any atom is -0.493 e. The molecule has 2 N–H and O–H groups in total. The Hall–Kier alpha value is -2.12. The molecule has 0 spiro atoms.